The third-order valence-electron chi connectivity index (χ3n) is 4.35. The van der Waals surface area contributed by atoms with Crippen LogP contribution in [0.3, 0.4) is 0 Å². The van der Waals surface area contributed by atoms with Gasteiger partial charge in [-0.1, -0.05) is 18.9 Å². The van der Waals surface area contributed by atoms with Crippen molar-refractivity contribution in [3.63, 3.8) is 0 Å². The summed E-state index contributed by atoms with van der Waals surface area (Å²) in [6, 6.07) is 5.02. The molecule has 2 heterocycles. The zero-order valence-electron chi connectivity index (χ0n) is 11.8. The second kappa shape index (κ2) is 5.54. The fraction of sp³-hybridized carbons (Fsp3) is 0.500. The summed E-state index contributed by atoms with van der Waals surface area (Å²) in [5.41, 5.74) is 0.641. The Hall–Kier alpha value is -1.20. The molecular formula is C16H18N2OS2. The molecule has 0 radical (unpaired) electrons. The van der Waals surface area contributed by atoms with E-state index >= 15 is 0 Å². The van der Waals surface area contributed by atoms with Crippen LogP contribution in [0, 0.1) is 0 Å². The van der Waals surface area contributed by atoms with Gasteiger partial charge in [0.15, 0.2) is 0 Å². The lowest BCUT2D eigenvalue weighted by molar-refractivity contribution is 0.0659. The molecule has 0 saturated heterocycles. The average molecular weight is 318 g/mol. The van der Waals surface area contributed by atoms with Gasteiger partial charge in [0.25, 0.3) is 5.91 Å². The maximum Gasteiger partial charge on any atom is 0.273 e. The molecule has 2 fully saturated rings. The van der Waals surface area contributed by atoms with Gasteiger partial charge in [0, 0.05) is 17.5 Å². The van der Waals surface area contributed by atoms with Crippen molar-refractivity contribution in [3.05, 3.63) is 28.6 Å². The molecule has 2 aliphatic rings. The molecule has 0 unspecified atom stereocenters. The molecule has 2 saturated carbocycles. The van der Waals surface area contributed by atoms with Crippen LogP contribution in [0.2, 0.25) is 0 Å². The fourth-order valence-electron chi connectivity index (χ4n) is 3.18. The molecule has 2 aromatic heterocycles. The average Bonchev–Trinajstić information content (AvgIpc) is 3.00. The lowest BCUT2D eigenvalue weighted by atomic mass is 10.2. The number of aromatic nitrogens is 1. The highest BCUT2D eigenvalue weighted by molar-refractivity contribution is 7.20. The van der Waals surface area contributed by atoms with Crippen molar-refractivity contribution in [3.8, 4) is 9.88 Å². The minimum atomic E-state index is 0.156. The van der Waals surface area contributed by atoms with Crippen molar-refractivity contribution in [2.75, 3.05) is 0 Å². The summed E-state index contributed by atoms with van der Waals surface area (Å²) in [6.07, 6.45) is 7.21. The van der Waals surface area contributed by atoms with Gasteiger partial charge in [-0.3, -0.25) is 4.79 Å². The van der Waals surface area contributed by atoms with Gasteiger partial charge in [-0.05, 0) is 37.1 Å². The first-order valence-corrected chi connectivity index (χ1v) is 9.41. The molecule has 2 aromatic rings. The van der Waals surface area contributed by atoms with Gasteiger partial charge >= 0.3 is 0 Å². The van der Waals surface area contributed by atoms with Crippen LogP contribution in [0.5, 0.6) is 0 Å². The van der Waals surface area contributed by atoms with E-state index in [1.54, 1.807) is 22.7 Å². The molecule has 1 amide bonds. The van der Waals surface area contributed by atoms with Gasteiger partial charge in [0.2, 0.25) is 0 Å². The number of thiazole rings is 1. The van der Waals surface area contributed by atoms with Gasteiger partial charge < -0.3 is 4.90 Å². The number of amides is 1. The van der Waals surface area contributed by atoms with E-state index in [1.807, 2.05) is 16.8 Å². The van der Waals surface area contributed by atoms with E-state index in [0.717, 1.165) is 9.88 Å². The van der Waals surface area contributed by atoms with Crippen LogP contribution in [-0.2, 0) is 0 Å². The van der Waals surface area contributed by atoms with E-state index in [0.29, 0.717) is 17.8 Å². The quantitative estimate of drug-likeness (QED) is 0.836. The van der Waals surface area contributed by atoms with E-state index in [2.05, 4.69) is 16.0 Å². The maximum atomic E-state index is 12.9. The third kappa shape index (κ3) is 2.64. The Morgan fingerprint density at radius 1 is 1.14 bits per heavy atom. The topological polar surface area (TPSA) is 33.2 Å². The highest BCUT2D eigenvalue weighted by Crippen LogP contribution is 2.36. The molecule has 0 N–H and O–H groups in total. The van der Waals surface area contributed by atoms with Crippen LogP contribution < -0.4 is 0 Å². The van der Waals surface area contributed by atoms with Gasteiger partial charge in [-0.25, -0.2) is 4.98 Å². The Balaban J connectivity index is 1.58. The number of nitrogens with zero attached hydrogens (tertiary/aromatic N) is 2. The van der Waals surface area contributed by atoms with Crippen LogP contribution in [0.15, 0.2) is 22.9 Å². The zero-order valence-corrected chi connectivity index (χ0v) is 13.5. The standard InChI is InChI=1S/C16H18N2OS2/c19-16(18(12-7-8-12)11-4-1-2-5-11)13-10-21-15(17-13)14-6-3-9-20-14/h3,6,9-12H,1-2,4-5,7-8H2. The number of hydrogen-bond acceptors (Lipinski definition) is 4. The molecular weight excluding hydrogens is 300 g/mol. The molecule has 0 bridgehead atoms. The molecule has 2 aliphatic carbocycles. The number of carbonyl (C=O) groups excluding carboxylic acids is 1. The Labute approximate surface area is 132 Å². The first-order valence-electron chi connectivity index (χ1n) is 7.65. The summed E-state index contributed by atoms with van der Waals surface area (Å²) < 4.78 is 0. The fourth-order valence-corrected chi connectivity index (χ4v) is 4.79. The summed E-state index contributed by atoms with van der Waals surface area (Å²) in [7, 11) is 0. The first kappa shape index (κ1) is 13.5. The minimum Gasteiger partial charge on any atom is -0.331 e. The minimum absolute atomic E-state index is 0.156. The van der Waals surface area contributed by atoms with Gasteiger partial charge in [0.1, 0.15) is 10.7 Å². The largest absolute Gasteiger partial charge is 0.331 e. The number of hydrogen-bond donors (Lipinski definition) is 0. The predicted octanol–water partition coefficient (Wildman–Crippen LogP) is 4.42. The first-order chi connectivity index (χ1) is 10.3. The molecule has 5 heteroatoms. The van der Waals surface area contributed by atoms with E-state index in [-0.39, 0.29) is 5.91 Å². The number of rotatable bonds is 4. The Morgan fingerprint density at radius 3 is 2.57 bits per heavy atom. The second-order valence-electron chi connectivity index (χ2n) is 5.90. The summed E-state index contributed by atoms with van der Waals surface area (Å²) >= 11 is 3.26. The molecule has 0 aromatic carbocycles. The monoisotopic (exact) mass is 318 g/mol. The van der Waals surface area contributed by atoms with Gasteiger partial charge in [0.05, 0.1) is 4.88 Å². The van der Waals surface area contributed by atoms with Crippen molar-refractivity contribution in [1.82, 2.24) is 9.88 Å². The van der Waals surface area contributed by atoms with Gasteiger partial charge in [-0.15, -0.1) is 22.7 Å². The lowest BCUT2D eigenvalue weighted by Crippen LogP contribution is -2.40. The Morgan fingerprint density at radius 2 is 1.90 bits per heavy atom. The van der Waals surface area contributed by atoms with Crippen LogP contribution in [0.4, 0.5) is 0 Å². The molecule has 0 atom stereocenters. The number of thiophene rings is 1. The Kier molecular flexibility index (Phi) is 3.55. The molecule has 4 rings (SSSR count). The summed E-state index contributed by atoms with van der Waals surface area (Å²) in [5.74, 6) is 0.156. The van der Waals surface area contributed by atoms with Crippen molar-refractivity contribution in [2.24, 2.45) is 0 Å². The summed E-state index contributed by atoms with van der Waals surface area (Å²) in [6.45, 7) is 0. The predicted molar refractivity (Wildman–Crippen MR) is 86.9 cm³/mol. The van der Waals surface area contributed by atoms with Crippen LogP contribution >= 0.6 is 22.7 Å². The summed E-state index contributed by atoms with van der Waals surface area (Å²) in [4.78, 5) is 20.8. The van der Waals surface area contributed by atoms with E-state index in [4.69, 9.17) is 0 Å². The van der Waals surface area contributed by atoms with E-state index in [9.17, 15) is 4.79 Å². The molecule has 21 heavy (non-hydrogen) atoms. The van der Waals surface area contributed by atoms with Crippen LogP contribution in [0.25, 0.3) is 9.88 Å². The van der Waals surface area contributed by atoms with E-state index < -0.39 is 0 Å². The molecule has 110 valence electrons. The lowest BCUT2D eigenvalue weighted by Gasteiger charge is -2.28. The van der Waals surface area contributed by atoms with Crippen molar-refractivity contribution in [1.29, 1.82) is 0 Å². The highest BCUT2D eigenvalue weighted by Gasteiger charge is 2.39. The van der Waals surface area contributed by atoms with Crippen LogP contribution in [0.1, 0.15) is 49.0 Å². The van der Waals surface area contributed by atoms with Crippen LogP contribution in [-0.4, -0.2) is 27.9 Å². The maximum absolute atomic E-state index is 12.9. The van der Waals surface area contributed by atoms with Crippen molar-refractivity contribution < 1.29 is 4.79 Å². The third-order valence-corrected chi connectivity index (χ3v) is 6.23. The highest BCUT2D eigenvalue weighted by atomic mass is 32.1. The number of carbonyl (C=O) groups is 1. The summed E-state index contributed by atoms with van der Waals surface area (Å²) in [5, 5.41) is 4.95. The molecule has 3 nitrogen and oxygen atoms in total. The Bertz CT molecular complexity index is 625. The van der Waals surface area contributed by atoms with Gasteiger partial charge in [-0.2, -0.15) is 0 Å². The zero-order chi connectivity index (χ0) is 14.2. The SMILES string of the molecule is O=C(c1csc(-c2cccs2)n1)N(C1CCCC1)C1CC1. The normalized spacial score (nSPS) is 19.0. The van der Waals surface area contributed by atoms with Crippen molar-refractivity contribution >= 4 is 28.6 Å². The van der Waals surface area contributed by atoms with E-state index in [1.165, 1.54) is 38.5 Å². The molecule has 0 aliphatic heterocycles. The van der Waals surface area contributed by atoms with Crippen molar-refractivity contribution in [2.45, 2.75) is 50.6 Å². The second-order valence-corrected chi connectivity index (χ2v) is 7.70. The molecule has 0 spiro atoms. The smallest absolute Gasteiger partial charge is 0.273 e.